The van der Waals surface area contributed by atoms with Gasteiger partial charge in [0.15, 0.2) is 6.29 Å². The van der Waals surface area contributed by atoms with Crippen LogP contribution in [0, 0.1) is 6.92 Å². The van der Waals surface area contributed by atoms with Crippen LogP contribution in [0.4, 0.5) is 0 Å². The smallest absolute Gasteiger partial charge is 0.170 e. The maximum Gasteiger partial charge on any atom is 0.170 e. The normalized spacial score (nSPS) is 11.2. The first-order valence-electron chi connectivity index (χ1n) is 5.07. The first-order valence-corrected chi connectivity index (χ1v) is 5.07. The summed E-state index contributed by atoms with van der Waals surface area (Å²) in [5.41, 5.74) is 2.57. The third kappa shape index (κ3) is 1.54. The maximum atomic E-state index is 10.9. The molecule has 2 aromatic rings. The highest BCUT2D eigenvalue weighted by Gasteiger charge is 2.12. The van der Waals surface area contributed by atoms with Gasteiger partial charge >= 0.3 is 0 Å². The topological polar surface area (TPSA) is 34.4 Å². The lowest BCUT2D eigenvalue weighted by Gasteiger charge is -2.03. The third-order valence-corrected chi connectivity index (χ3v) is 2.48. The van der Waals surface area contributed by atoms with Crippen molar-refractivity contribution in [3.63, 3.8) is 0 Å². The number of hydrogen-bond acceptors (Lipinski definition) is 2. The van der Waals surface area contributed by atoms with Crippen molar-refractivity contribution in [3.8, 4) is 0 Å². The lowest BCUT2D eigenvalue weighted by molar-refractivity contribution is 0.112. The van der Waals surface area contributed by atoms with E-state index in [-0.39, 0.29) is 0 Å². The zero-order chi connectivity index (χ0) is 11.0. The number of aromatic nitrogens is 2. The predicted octanol–water partition coefficient (Wildman–Crippen LogP) is 2.58. The largest absolute Gasteiger partial charge is 0.303 e. The number of pyridine rings is 1. The highest BCUT2D eigenvalue weighted by Crippen LogP contribution is 2.19. The lowest BCUT2D eigenvalue weighted by atomic mass is 10.2. The number of carbonyl (C=O) groups is 1. The Labute approximate surface area is 88.8 Å². The standard InChI is InChI=1S/C12H14N2O/c1-8(2)12-13-10(7-15)11-6-9(3)4-5-14(11)12/h4-8H,1-3H3. The Bertz CT molecular complexity index is 512. The van der Waals surface area contributed by atoms with Crippen LogP contribution in [0.15, 0.2) is 18.3 Å². The molecule has 2 aromatic heterocycles. The van der Waals surface area contributed by atoms with Crippen LogP contribution >= 0.6 is 0 Å². The molecule has 0 bridgehead atoms. The summed E-state index contributed by atoms with van der Waals surface area (Å²) in [7, 11) is 0. The Kier molecular flexibility index (Phi) is 2.31. The van der Waals surface area contributed by atoms with Crippen LogP contribution in [-0.2, 0) is 0 Å². The Morgan fingerprint density at radius 2 is 2.20 bits per heavy atom. The van der Waals surface area contributed by atoms with Crippen molar-refractivity contribution in [3.05, 3.63) is 35.4 Å². The van der Waals surface area contributed by atoms with Crippen LogP contribution < -0.4 is 0 Å². The molecule has 0 unspecified atom stereocenters. The van der Waals surface area contributed by atoms with Crippen LogP contribution in [0.3, 0.4) is 0 Å². The van der Waals surface area contributed by atoms with E-state index in [1.165, 1.54) is 0 Å². The number of aryl methyl sites for hydroxylation is 1. The van der Waals surface area contributed by atoms with E-state index in [0.717, 1.165) is 23.2 Å². The number of nitrogens with zero attached hydrogens (tertiary/aromatic N) is 2. The average molecular weight is 202 g/mol. The van der Waals surface area contributed by atoms with Gasteiger partial charge in [0.05, 0.1) is 5.52 Å². The first kappa shape index (κ1) is 9.90. The quantitative estimate of drug-likeness (QED) is 0.701. The number of rotatable bonds is 2. The number of carbonyl (C=O) groups excluding carboxylic acids is 1. The fraction of sp³-hybridized carbons (Fsp3) is 0.333. The minimum atomic E-state index is 0.314. The molecular formula is C12H14N2O. The molecule has 2 rings (SSSR count). The Hall–Kier alpha value is -1.64. The van der Waals surface area contributed by atoms with Gasteiger partial charge in [0.25, 0.3) is 0 Å². The van der Waals surface area contributed by atoms with E-state index in [2.05, 4.69) is 18.8 Å². The van der Waals surface area contributed by atoms with Crippen LogP contribution in [0.1, 0.15) is 41.6 Å². The van der Waals surface area contributed by atoms with Crippen molar-refractivity contribution in [1.29, 1.82) is 0 Å². The van der Waals surface area contributed by atoms with Gasteiger partial charge in [-0.05, 0) is 24.6 Å². The molecule has 0 radical (unpaired) electrons. The molecule has 0 fully saturated rings. The van der Waals surface area contributed by atoms with Gasteiger partial charge in [0.2, 0.25) is 0 Å². The van der Waals surface area contributed by atoms with Crippen LogP contribution in [-0.4, -0.2) is 15.7 Å². The van der Waals surface area contributed by atoms with Crippen molar-refractivity contribution in [2.75, 3.05) is 0 Å². The number of imidazole rings is 1. The van der Waals surface area contributed by atoms with Crippen molar-refractivity contribution in [2.24, 2.45) is 0 Å². The third-order valence-electron chi connectivity index (χ3n) is 2.48. The SMILES string of the molecule is Cc1ccn2c(C(C)C)nc(C=O)c2c1. The molecule has 2 heterocycles. The second-order valence-corrected chi connectivity index (χ2v) is 4.09. The molecule has 15 heavy (non-hydrogen) atoms. The van der Waals surface area contributed by atoms with E-state index < -0.39 is 0 Å². The molecule has 0 saturated heterocycles. The molecule has 3 nitrogen and oxygen atoms in total. The zero-order valence-electron chi connectivity index (χ0n) is 9.19. The summed E-state index contributed by atoms with van der Waals surface area (Å²) in [6.45, 7) is 6.16. The second kappa shape index (κ2) is 3.50. The second-order valence-electron chi connectivity index (χ2n) is 4.09. The molecule has 0 aliphatic carbocycles. The molecule has 78 valence electrons. The van der Waals surface area contributed by atoms with Crippen LogP contribution in [0.25, 0.3) is 5.52 Å². The average Bonchev–Trinajstić information content (AvgIpc) is 2.55. The summed E-state index contributed by atoms with van der Waals surface area (Å²) in [4.78, 5) is 15.2. The summed E-state index contributed by atoms with van der Waals surface area (Å²) in [5, 5.41) is 0. The summed E-state index contributed by atoms with van der Waals surface area (Å²) >= 11 is 0. The van der Waals surface area contributed by atoms with Gasteiger partial charge in [-0.1, -0.05) is 13.8 Å². The molecule has 3 heteroatoms. The summed E-state index contributed by atoms with van der Waals surface area (Å²) in [5.74, 6) is 1.25. The van der Waals surface area contributed by atoms with E-state index >= 15 is 0 Å². The van der Waals surface area contributed by atoms with E-state index in [1.54, 1.807) is 0 Å². The van der Waals surface area contributed by atoms with E-state index in [1.807, 2.05) is 29.7 Å². The van der Waals surface area contributed by atoms with Crippen molar-refractivity contribution < 1.29 is 4.79 Å². The fourth-order valence-electron chi connectivity index (χ4n) is 1.73. The number of fused-ring (bicyclic) bond motifs is 1. The Morgan fingerprint density at radius 1 is 1.47 bits per heavy atom. The minimum absolute atomic E-state index is 0.314. The summed E-state index contributed by atoms with van der Waals surface area (Å²) in [6.07, 6.45) is 2.79. The fourth-order valence-corrected chi connectivity index (χ4v) is 1.73. The van der Waals surface area contributed by atoms with Gasteiger partial charge < -0.3 is 4.40 Å². The predicted molar refractivity (Wildman–Crippen MR) is 59.4 cm³/mol. The van der Waals surface area contributed by atoms with Crippen molar-refractivity contribution in [2.45, 2.75) is 26.7 Å². The summed E-state index contributed by atoms with van der Waals surface area (Å²) < 4.78 is 1.99. The molecule has 0 aliphatic heterocycles. The minimum Gasteiger partial charge on any atom is -0.303 e. The highest BCUT2D eigenvalue weighted by atomic mass is 16.1. The van der Waals surface area contributed by atoms with Gasteiger partial charge in [-0.2, -0.15) is 0 Å². The first-order chi connectivity index (χ1) is 7.13. The van der Waals surface area contributed by atoms with Gasteiger partial charge in [-0.3, -0.25) is 4.79 Å². The number of hydrogen-bond donors (Lipinski definition) is 0. The Balaban J connectivity index is 2.80. The highest BCUT2D eigenvalue weighted by molar-refractivity contribution is 5.84. The molecule has 0 amide bonds. The maximum absolute atomic E-state index is 10.9. The van der Waals surface area contributed by atoms with Crippen LogP contribution in [0.5, 0.6) is 0 Å². The monoisotopic (exact) mass is 202 g/mol. The van der Waals surface area contributed by atoms with Gasteiger partial charge in [-0.25, -0.2) is 4.98 Å². The molecule has 0 atom stereocenters. The van der Waals surface area contributed by atoms with E-state index in [4.69, 9.17) is 0 Å². The summed E-state index contributed by atoms with van der Waals surface area (Å²) in [6, 6.07) is 4.01. The van der Waals surface area contributed by atoms with E-state index in [9.17, 15) is 4.79 Å². The molecule has 0 spiro atoms. The molecule has 0 N–H and O–H groups in total. The van der Waals surface area contributed by atoms with Crippen molar-refractivity contribution >= 4 is 11.8 Å². The molecule has 0 saturated carbocycles. The molecular weight excluding hydrogens is 188 g/mol. The van der Waals surface area contributed by atoms with Gasteiger partial charge in [-0.15, -0.1) is 0 Å². The molecule has 0 aromatic carbocycles. The van der Waals surface area contributed by atoms with Crippen molar-refractivity contribution in [1.82, 2.24) is 9.38 Å². The van der Waals surface area contributed by atoms with Gasteiger partial charge in [0, 0.05) is 12.1 Å². The molecule has 0 aliphatic rings. The zero-order valence-corrected chi connectivity index (χ0v) is 9.19. The Morgan fingerprint density at radius 3 is 2.80 bits per heavy atom. The lowest BCUT2D eigenvalue weighted by Crippen LogP contribution is -1.96. The van der Waals surface area contributed by atoms with E-state index in [0.29, 0.717) is 11.6 Å². The number of aldehydes is 1. The van der Waals surface area contributed by atoms with Gasteiger partial charge in [0.1, 0.15) is 11.5 Å². The van der Waals surface area contributed by atoms with Crippen LogP contribution in [0.2, 0.25) is 0 Å².